The molecule has 7 heteroatoms. The summed E-state index contributed by atoms with van der Waals surface area (Å²) >= 11 is 3.34. The van der Waals surface area contributed by atoms with Gasteiger partial charge in [-0.15, -0.1) is 0 Å². The van der Waals surface area contributed by atoms with E-state index in [0.29, 0.717) is 22.3 Å². The lowest BCUT2D eigenvalue weighted by Crippen LogP contribution is -2.18. The van der Waals surface area contributed by atoms with Gasteiger partial charge >= 0.3 is 0 Å². The molecular formula is C14H16BrN3O2S. The van der Waals surface area contributed by atoms with E-state index in [1.807, 2.05) is 6.92 Å². The maximum atomic E-state index is 12.1. The van der Waals surface area contributed by atoms with Gasteiger partial charge in [0.15, 0.2) is 0 Å². The van der Waals surface area contributed by atoms with Crippen LogP contribution in [0.25, 0.3) is 0 Å². The Morgan fingerprint density at radius 2 is 1.95 bits per heavy atom. The van der Waals surface area contributed by atoms with E-state index in [1.165, 1.54) is 0 Å². The minimum Gasteiger partial charge on any atom is -0.398 e. The molecule has 2 rings (SSSR count). The number of nitrogen functional groups attached to an aromatic ring is 1. The van der Waals surface area contributed by atoms with Crippen molar-refractivity contribution in [1.82, 2.24) is 4.98 Å². The van der Waals surface area contributed by atoms with Gasteiger partial charge in [-0.25, -0.2) is 8.42 Å². The molecule has 0 aliphatic rings. The molecule has 0 spiro atoms. The Balaban J connectivity index is 2.09. The lowest BCUT2D eigenvalue weighted by molar-refractivity contribution is 0.600. The molecule has 112 valence electrons. The van der Waals surface area contributed by atoms with E-state index in [0.717, 1.165) is 11.1 Å². The molecule has 0 atom stereocenters. The zero-order chi connectivity index (χ0) is 15.5. The molecule has 1 heterocycles. The van der Waals surface area contributed by atoms with E-state index in [1.54, 1.807) is 36.7 Å². The zero-order valence-corrected chi connectivity index (χ0v) is 13.9. The second-order valence-corrected chi connectivity index (χ2v) is 7.41. The number of halogens is 1. The molecule has 0 bridgehead atoms. The van der Waals surface area contributed by atoms with E-state index >= 15 is 0 Å². The predicted molar refractivity (Wildman–Crippen MR) is 88.6 cm³/mol. The summed E-state index contributed by atoms with van der Waals surface area (Å²) in [4.78, 5) is 3.90. The van der Waals surface area contributed by atoms with Crippen LogP contribution < -0.4 is 10.5 Å². The second kappa shape index (κ2) is 6.44. The lowest BCUT2D eigenvalue weighted by Gasteiger charge is -2.12. The highest BCUT2D eigenvalue weighted by Gasteiger charge is 2.13. The van der Waals surface area contributed by atoms with Gasteiger partial charge < -0.3 is 5.73 Å². The Kier molecular flexibility index (Phi) is 4.84. The zero-order valence-electron chi connectivity index (χ0n) is 11.5. The molecule has 0 amide bonds. The highest BCUT2D eigenvalue weighted by molar-refractivity contribution is 9.10. The van der Waals surface area contributed by atoms with E-state index < -0.39 is 10.0 Å². The third-order valence-electron chi connectivity index (χ3n) is 3.03. The van der Waals surface area contributed by atoms with Gasteiger partial charge in [-0.1, -0.05) is 0 Å². The predicted octanol–water partition coefficient (Wildman–Crippen LogP) is 2.72. The minimum absolute atomic E-state index is 0.00274. The molecule has 0 saturated carbocycles. The Morgan fingerprint density at radius 3 is 2.62 bits per heavy atom. The molecule has 0 saturated heterocycles. The van der Waals surface area contributed by atoms with Crippen molar-refractivity contribution < 1.29 is 8.42 Å². The molecule has 0 fully saturated rings. The molecule has 0 aliphatic carbocycles. The maximum Gasteiger partial charge on any atom is 0.233 e. The van der Waals surface area contributed by atoms with Gasteiger partial charge in [0.1, 0.15) is 0 Å². The molecule has 0 radical (unpaired) electrons. The molecule has 0 unspecified atom stereocenters. The van der Waals surface area contributed by atoms with Gasteiger partial charge in [-0.2, -0.15) is 0 Å². The van der Waals surface area contributed by atoms with Crippen molar-refractivity contribution in [2.75, 3.05) is 16.2 Å². The first-order valence-electron chi connectivity index (χ1n) is 6.32. The van der Waals surface area contributed by atoms with E-state index in [4.69, 9.17) is 5.73 Å². The molecular weight excluding hydrogens is 354 g/mol. The van der Waals surface area contributed by atoms with Crippen molar-refractivity contribution in [2.45, 2.75) is 13.3 Å². The third kappa shape index (κ3) is 4.44. The summed E-state index contributed by atoms with van der Waals surface area (Å²) in [5.41, 5.74) is 8.63. The maximum absolute atomic E-state index is 12.1. The van der Waals surface area contributed by atoms with Gasteiger partial charge in [0.05, 0.1) is 11.4 Å². The molecule has 5 nitrogen and oxygen atoms in total. The van der Waals surface area contributed by atoms with Crippen molar-refractivity contribution >= 4 is 37.3 Å². The van der Waals surface area contributed by atoms with Crippen LogP contribution in [0.4, 0.5) is 11.4 Å². The molecule has 2 aromatic rings. The van der Waals surface area contributed by atoms with E-state index in [9.17, 15) is 8.42 Å². The van der Waals surface area contributed by atoms with Crippen LogP contribution >= 0.6 is 15.9 Å². The van der Waals surface area contributed by atoms with Crippen molar-refractivity contribution in [3.8, 4) is 0 Å². The minimum atomic E-state index is -3.44. The SMILES string of the molecule is Cc1cc(Br)c(NS(=O)(=O)CCc2ccncc2)cc1N. The van der Waals surface area contributed by atoms with Gasteiger partial charge in [0, 0.05) is 22.6 Å². The van der Waals surface area contributed by atoms with E-state index in [2.05, 4.69) is 25.6 Å². The number of hydrogen-bond acceptors (Lipinski definition) is 4. The molecule has 1 aromatic heterocycles. The summed E-state index contributed by atoms with van der Waals surface area (Å²) in [6, 6.07) is 7.00. The number of nitrogens with one attached hydrogen (secondary N) is 1. The Bertz CT molecular complexity index is 733. The Labute approximate surface area is 132 Å². The lowest BCUT2D eigenvalue weighted by atomic mass is 10.2. The quantitative estimate of drug-likeness (QED) is 0.793. The largest absolute Gasteiger partial charge is 0.398 e. The summed E-state index contributed by atoms with van der Waals surface area (Å²) in [5.74, 6) is -0.00274. The topological polar surface area (TPSA) is 85.1 Å². The van der Waals surface area contributed by atoms with Gasteiger partial charge in [-0.05, 0) is 64.7 Å². The van der Waals surface area contributed by atoms with Crippen molar-refractivity contribution in [3.63, 3.8) is 0 Å². The number of nitrogens with two attached hydrogens (primary N) is 1. The van der Waals surface area contributed by atoms with Crippen molar-refractivity contribution in [1.29, 1.82) is 0 Å². The van der Waals surface area contributed by atoms with E-state index in [-0.39, 0.29) is 5.75 Å². The second-order valence-electron chi connectivity index (χ2n) is 4.72. The van der Waals surface area contributed by atoms with Crippen LogP contribution in [0.15, 0.2) is 41.1 Å². The van der Waals surface area contributed by atoms with Crippen LogP contribution in [-0.4, -0.2) is 19.2 Å². The molecule has 21 heavy (non-hydrogen) atoms. The normalized spacial score (nSPS) is 11.3. The smallest absolute Gasteiger partial charge is 0.233 e. The molecule has 0 aliphatic heterocycles. The summed E-state index contributed by atoms with van der Waals surface area (Å²) in [6.45, 7) is 1.86. The highest BCUT2D eigenvalue weighted by Crippen LogP contribution is 2.28. The number of aryl methyl sites for hydroxylation is 2. The average Bonchev–Trinajstić information content (AvgIpc) is 2.44. The summed E-state index contributed by atoms with van der Waals surface area (Å²) in [7, 11) is -3.44. The fraction of sp³-hybridized carbons (Fsp3) is 0.214. The van der Waals surface area contributed by atoms with Crippen LogP contribution in [0.5, 0.6) is 0 Å². The van der Waals surface area contributed by atoms with Gasteiger partial charge in [-0.3, -0.25) is 9.71 Å². The number of hydrogen-bond donors (Lipinski definition) is 2. The Hall–Kier alpha value is -1.60. The standard InChI is InChI=1S/C14H16BrN3O2S/c1-10-8-12(15)14(9-13(10)16)18-21(19,20)7-4-11-2-5-17-6-3-11/h2-3,5-6,8-9,18H,4,7,16H2,1H3. The number of benzene rings is 1. The number of aromatic nitrogens is 1. The first kappa shape index (κ1) is 15.8. The van der Waals surface area contributed by atoms with Gasteiger partial charge in [0.25, 0.3) is 0 Å². The summed E-state index contributed by atoms with van der Waals surface area (Å²) in [5, 5.41) is 0. The summed E-state index contributed by atoms with van der Waals surface area (Å²) in [6.07, 6.45) is 3.72. The first-order valence-corrected chi connectivity index (χ1v) is 8.77. The van der Waals surface area contributed by atoms with Crippen LogP contribution in [0.1, 0.15) is 11.1 Å². The van der Waals surface area contributed by atoms with Crippen molar-refractivity contribution in [2.24, 2.45) is 0 Å². The van der Waals surface area contributed by atoms with Crippen LogP contribution in [0.2, 0.25) is 0 Å². The fourth-order valence-electron chi connectivity index (χ4n) is 1.79. The molecule has 3 N–H and O–H groups in total. The number of anilines is 2. The fourth-order valence-corrected chi connectivity index (χ4v) is 3.59. The molecule has 1 aromatic carbocycles. The van der Waals surface area contributed by atoms with Crippen LogP contribution in [0, 0.1) is 6.92 Å². The summed E-state index contributed by atoms with van der Waals surface area (Å²) < 4.78 is 27.5. The number of rotatable bonds is 5. The van der Waals surface area contributed by atoms with Gasteiger partial charge in [0.2, 0.25) is 10.0 Å². The van der Waals surface area contributed by atoms with Crippen LogP contribution in [0.3, 0.4) is 0 Å². The number of sulfonamides is 1. The number of pyridine rings is 1. The first-order chi connectivity index (χ1) is 9.87. The monoisotopic (exact) mass is 369 g/mol. The number of nitrogens with zero attached hydrogens (tertiary/aromatic N) is 1. The Morgan fingerprint density at radius 1 is 1.29 bits per heavy atom. The average molecular weight is 370 g/mol. The van der Waals surface area contributed by atoms with Crippen molar-refractivity contribution in [3.05, 3.63) is 52.3 Å². The third-order valence-corrected chi connectivity index (χ3v) is 4.96. The van der Waals surface area contributed by atoms with Crippen LogP contribution in [-0.2, 0) is 16.4 Å². The highest BCUT2D eigenvalue weighted by atomic mass is 79.9.